The molecule has 0 unspecified atom stereocenters. The molecule has 0 aliphatic carbocycles. The molecule has 0 fully saturated rings. The summed E-state index contributed by atoms with van der Waals surface area (Å²) in [6.07, 6.45) is 1.61. The molecular formula is C22H23N3O3. The van der Waals surface area contributed by atoms with Crippen molar-refractivity contribution in [1.29, 1.82) is 0 Å². The molecule has 0 bridgehead atoms. The van der Waals surface area contributed by atoms with Crippen LogP contribution in [0, 0.1) is 6.92 Å². The largest absolute Gasteiger partial charge is 0.497 e. The van der Waals surface area contributed by atoms with Crippen LogP contribution in [0.5, 0.6) is 11.5 Å². The highest BCUT2D eigenvalue weighted by atomic mass is 16.5. The van der Waals surface area contributed by atoms with Gasteiger partial charge in [-0.15, -0.1) is 0 Å². The number of nitrogens with zero attached hydrogens (tertiary/aromatic N) is 1. The summed E-state index contributed by atoms with van der Waals surface area (Å²) >= 11 is 0. The Hall–Kier alpha value is -3.54. The van der Waals surface area contributed by atoms with Crippen LogP contribution in [-0.2, 0) is 6.54 Å². The number of carbonyl (C=O) groups is 1. The molecule has 2 N–H and O–H groups in total. The summed E-state index contributed by atoms with van der Waals surface area (Å²) in [5, 5.41) is 6.14. The van der Waals surface area contributed by atoms with Gasteiger partial charge < -0.3 is 20.1 Å². The Morgan fingerprint density at radius 3 is 2.50 bits per heavy atom. The topological polar surface area (TPSA) is 72.5 Å². The fraction of sp³-hybridized carbons (Fsp3) is 0.182. The third kappa shape index (κ3) is 4.79. The van der Waals surface area contributed by atoms with Crippen LogP contribution in [0.4, 0.5) is 11.4 Å². The Kier molecular flexibility index (Phi) is 6.11. The third-order valence-electron chi connectivity index (χ3n) is 4.27. The number of benzene rings is 2. The number of pyridine rings is 1. The first-order valence-electron chi connectivity index (χ1n) is 8.88. The molecule has 3 rings (SSSR count). The molecule has 0 atom stereocenters. The molecule has 0 spiro atoms. The summed E-state index contributed by atoms with van der Waals surface area (Å²) in [6, 6.07) is 17.1. The van der Waals surface area contributed by atoms with Crippen LogP contribution in [0.25, 0.3) is 0 Å². The number of ether oxygens (including phenoxy) is 2. The number of carbonyl (C=O) groups excluding carboxylic acids is 1. The van der Waals surface area contributed by atoms with Gasteiger partial charge in [0.1, 0.15) is 17.2 Å². The highest BCUT2D eigenvalue weighted by Crippen LogP contribution is 2.29. The number of hydrogen-bond acceptors (Lipinski definition) is 5. The molecule has 28 heavy (non-hydrogen) atoms. The molecule has 6 nitrogen and oxygen atoms in total. The number of aromatic nitrogens is 1. The van der Waals surface area contributed by atoms with E-state index >= 15 is 0 Å². The van der Waals surface area contributed by atoms with Crippen molar-refractivity contribution in [2.24, 2.45) is 0 Å². The fourth-order valence-corrected chi connectivity index (χ4v) is 2.66. The molecule has 1 aromatic heterocycles. The SMILES string of the molecule is COc1ccc(NC(=O)c2cc(NCc3ccc(C)cc3)ccn2)c(OC)c1. The summed E-state index contributed by atoms with van der Waals surface area (Å²) in [6.45, 7) is 2.72. The quantitative estimate of drug-likeness (QED) is 0.643. The number of methoxy groups -OCH3 is 2. The molecule has 3 aromatic rings. The van der Waals surface area contributed by atoms with Gasteiger partial charge in [-0.05, 0) is 36.8 Å². The van der Waals surface area contributed by atoms with E-state index < -0.39 is 0 Å². The van der Waals surface area contributed by atoms with Crippen molar-refractivity contribution in [3.63, 3.8) is 0 Å². The van der Waals surface area contributed by atoms with E-state index in [0.717, 1.165) is 11.3 Å². The first-order valence-corrected chi connectivity index (χ1v) is 8.88. The van der Waals surface area contributed by atoms with Crippen molar-refractivity contribution in [1.82, 2.24) is 4.98 Å². The predicted molar refractivity (Wildman–Crippen MR) is 110 cm³/mol. The van der Waals surface area contributed by atoms with Crippen LogP contribution in [0.3, 0.4) is 0 Å². The molecule has 0 saturated carbocycles. The van der Waals surface area contributed by atoms with Crippen LogP contribution >= 0.6 is 0 Å². The van der Waals surface area contributed by atoms with Gasteiger partial charge >= 0.3 is 0 Å². The van der Waals surface area contributed by atoms with E-state index in [1.165, 1.54) is 12.7 Å². The van der Waals surface area contributed by atoms with Crippen molar-refractivity contribution >= 4 is 17.3 Å². The summed E-state index contributed by atoms with van der Waals surface area (Å²) in [7, 11) is 3.12. The van der Waals surface area contributed by atoms with Crippen molar-refractivity contribution in [3.8, 4) is 11.5 Å². The highest BCUT2D eigenvalue weighted by molar-refractivity contribution is 6.04. The maximum absolute atomic E-state index is 12.6. The van der Waals surface area contributed by atoms with Crippen LogP contribution in [0.2, 0.25) is 0 Å². The monoisotopic (exact) mass is 377 g/mol. The second kappa shape index (κ2) is 8.90. The molecule has 1 amide bonds. The molecule has 0 aliphatic heterocycles. The average molecular weight is 377 g/mol. The molecule has 0 aliphatic rings. The smallest absolute Gasteiger partial charge is 0.274 e. The standard InChI is InChI=1S/C22H23N3O3/c1-15-4-6-16(7-5-15)14-24-17-10-11-23-20(12-17)22(26)25-19-9-8-18(27-2)13-21(19)28-3/h4-13H,14H2,1-3H3,(H,23,24)(H,25,26). The van der Waals surface area contributed by atoms with Crippen LogP contribution in [0.1, 0.15) is 21.6 Å². The number of anilines is 2. The Morgan fingerprint density at radius 1 is 1.00 bits per heavy atom. The maximum atomic E-state index is 12.6. The van der Waals surface area contributed by atoms with Crippen LogP contribution < -0.4 is 20.1 Å². The lowest BCUT2D eigenvalue weighted by Crippen LogP contribution is -2.14. The van der Waals surface area contributed by atoms with Gasteiger partial charge in [0.15, 0.2) is 0 Å². The fourth-order valence-electron chi connectivity index (χ4n) is 2.66. The van der Waals surface area contributed by atoms with Gasteiger partial charge in [0.25, 0.3) is 5.91 Å². The van der Waals surface area contributed by atoms with Crippen LogP contribution in [0.15, 0.2) is 60.8 Å². The summed E-state index contributed by atoms with van der Waals surface area (Å²) in [4.78, 5) is 16.8. The summed E-state index contributed by atoms with van der Waals surface area (Å²) in [5.41, 5.74) is 4.07. The van der Waals surface area contributed by atoms with Gasteiger partial charge in [-0.3, -0.25) is 9.78 Å². The van der Waals surface area contributed by atoms with Gasteiger partial charge in [-0.25, -0.2) is 0 Å². The van der Waals surface area contributed by atoms with E-state index in [1.807, 2.05) is 6.07 Å². The van der Waals surface area contributed by atoms with E-state index in [4.69, 9.17) is 9.47 Å². The predicted octanol–water partition coefficient (Wildman–Crippen LogP) is 4.27. The molecule has 0 radical (unpaired) electrons. The minimum atomic E-state index is -0.317. The van der Waals surface area contributed by atoms with E-state index in [1.54, 1.807) is 37.6 Å². The number of hydrogen-bond donors (Lipinski definition) is 2. The second-order valence-corrected chi connectivity index (χ2v) is 6.29. The number of nitrogens with one attached hydrogen (secondary N) is 2. The first kappa shape index (κ1) is 19.2. The summed E-state index contributed by atoms with van der Waals surface area (Å²) < 4.78 is 10.5. The molecule has 2 aromatic carbocycles. The molecule has 1 heterocycles. The Bertz CT molecular complexity index is 955. The zero-order chi connectivity index (χ0) is 19.9. The van der Waals surface area contributed by atoms with Crippen molar-refractivity contribution in [2.45, 2.75) is 13.5 Å². The van der Waals surface area contributed by atoms with E-state index in [2.05, 4.69) is 46.8 Å². The van der Waals surface area contributed by atoms with Crippen LogP contribution in [-0.4, -0.2) is 25.1 Å². The average Bonchev–Trinajstić information content (AvgIpc) is 2.73. The lowest BCUT2D eigenvalue weighted by Gasteiger charge is -2.12. The minimum absolute atomic E-state index is 0.312. The van der Waals surface area contributed by atoms with Gasteiger partial charge in [0.05, 0.1) is 19.9 Å². The van der Waals surface area contributed by atoms with Crippen molar-refractivity contribution in [2.75, 3.05) is 24.9 Å². The maximum Gasteiger partial charge on any atom is 0.274 e. The first-order chi connectivity index (χ1) is 13.6. The highest BCUT2D eigenvalue weighted by Gasteiger charge is 2.12. The molecule has 144 valence electrons. The van der Waals surface area contributed by atoms with Gasteiger partial charge in [0.2, 0.25) is 0 Å². The molecular weight excluding hydrogens is 354 g/mol. The van der Waals surface area contributed by atoms with E-state index in [9.17, 15) is 4.79 Å². The van der Waals surface area contributed by atoms with Gasteiger partial charge in [0, 0.05) is 24.5 Å². The molecule has 0 saturated heterocycles. The van der Waals surface area contributed by atoms with E-state index in [-0.39, 0.29) is 5.91 Å². The number of rotatable bonds is 7. The summed E-state index contributed by atoms with van der Waals surface area (Å²) in [5.74, 6) is 0.846. The molecule has 6 heteroatoms. The number of aryl methyl sites for hydroxylation is 1. The Labute approximate surface area is 164 Å². The van der Waals surface area contributed by atoms with Gasteiger partial charge in [-0.1, -0.05) is 29.8 Å². The normalized spacial score (nSPS) is 10.2. The zero-order valence-corrected chi connectivity index (χ0v) is 16.2. The van der Waals surface area contributed by atoms with Crippen molar-refractivity contribution in [3.05, 3.63) is 77.6 Å². The second-order valence-electron chi connectivity index (χ2n) is 6.29. The van der Waals surface area contributed by atoms with Crippen molar-refractivity contribution < 1.29 is 14.3 Å². The Balaban J connectivity index is 1.69. The Morgan fingerprint density at radius 2 is 1.79 bits per heavy atom. The number of amides is 1. The third-order valence-corrected chi connectivity index (χ3v) is 4.27. The van der Waals surface area contributed by atoms with E-state index in [0.29, 0.717) is 29.4 Å². The minimum Gasteiger partial charge on any atom is -0.497 e. The zero-order valence-electron chi connectivity index (χ0n) is 16.2. The lowest BCUT2D eigenvalue weighted by atomic mass is 10.1. The van der Waals surface area contributed by atoms with Gasteiger partial charge in [-0.2, -0.15) is 0 Å². The lowest BCUT2D eigenvalue weighted by molar-refractivity contribution is 0.102.